The van der Waals surface area contributed by atoms with Crippen molar-refractivity contribution in [2.45, 2.75) is 36.8 Å². The Bertz CT molecular complexity index is 499. The van der Waals surface area contributed by atoms with E-state index in [0.717, 1.165) is 25.1 Å². The standard InChI is InChI=1S/C12H18N2O3S/c1-9-8-11(6-7-17-9)14-10-2-4-12(5-3-10)18(13,15)16/h2-5,9,11,14H,6-8H2,1H3,(H2,13,15,16). The third-order valence-corrected chi connectivity index (χ3v) is 3.97. The Kier molecular flexibility index (Phi) is 3.89. The molecule has 2 rings (SSSR count). The minimum atomic E-state index is -3.61. The first kappa shape index (κ1) is 13.3. The summed E-state index contributed by atoms with van der Waals surface area (Å²) in [7, 11) is -3.61. The van der Waals surface area contributed by atoms with Crippen LogP contribution in [0.4, 0.5) is 5.69 Å². The molecule has 3 N–H and O–H groups in total. The molecule has 1 aliphatic heterocycles. The second-order valence-corrected chi connectivity index (χ2v) is 6.18. The van der Waals surface area contributed by atoms with Crippen molar-refractivity contribution in [1.82, 2.24) is 0 Å². The lowest BCUT2D eigenvalue weighted by molar-refractivity contribution is 0.0232. The van der Waals surface area contributed by atoms with Crippen molar-refractivity contribution >= 4 is 15.7 Å². The van der Waals surface area contributed by atoms with E-state index in [1.807, 2.05) is 0 Å². The van der Waals surface area contributed by atoms with E-state index in [9.17, 15) is 8.42 Å². The number of sulfonamides is 1. The van der Waals surface area contributed by atoms with Gasteiger partial charge in [-0.3, -0.25) is 0 Å². The maximum Gasteiger partial charge on any atom is 0.238 e. The Morgan fingerprint density at radius 1 is 1.33 bits per heavy atom. The van der Waals surface area contributed by atoms with Crippen molar-refractivity contribution in [2.24, 2.45) is 5.14 Å². The normalized spacial score (nSPS) is 24.8. The molecule has 2 atom stereocenters. The lowest BCUT2D eigenvalue weighted by Gasteiger charge is -2.28. The Labute approximate surface area is 107 Å². The van der Waals surface area contributed by atoms with Crippen LogP contribution in [0.15, 0.2) is 29.2 Å². The number of primary sulfonamides is 1. The van der Waals surface area contributed by atoms with Gasteiger partial charge in [-0.05, 0) is 44.0 Å². The molecule has 100 valence electrons. The van der Waals surface area contributed by atoms with Crippen LogP contribution in [0.25, 0.3) is 0 Å². The molecule has 18 heavy (non-hydrogen) atoms. The highest BCUT2D eigenvalue weighted by Gasteiger charge is 2.19. The predicted molar refractivity (Wildman–Crippen MR) is 69.9 cm³/mol. The number of ether oxygens (including phenoxy) is 1. The molecule has 0 aliphatic carbocycles. The molecule has 1 aliphatic rings. The number of nitrogens with two attached hydrogens (primary N) is 1. The SMILES string of the molecule is CC1CC(Nc2ccc(S(N)(=O)=O)cc2)CCO1. The summed E-state index contributed by atoms with van der Waals surface area (Å²) in [6, 6.07) is 6.87. The van der Waals surface area contributed by atoms with Crippen LogP contribution in [0.3, 0.4) is 0 Å². The number of anilines is 1. The van der Waals surface area contributed by atoms with Crippen molar-refractivity contribution in [3.63, 3.8) is 0 Å². The van der Waals surface area contributed by atoms with Gasteiger partial charge in [0.05, 0.1) is 11.0 Å². The van der Waals surface area contributed by atoms with E-state index in [2.05, 4.69) is 12.2 Å². The molecule has 0 spiro atoms. The molecule has 0 radical (unpaired) electrons. The lowest BCUT2D eigenvalue weighted by Crippen LogP contribution is -2.32. The van der Waals surface area contributed by atoms with Gasteiger partial charge in [0.1, 0.15) is 0 Å². The van der Waals surface area contributed by atoms with E-state index < -0.39 is 10.0 Å². The van der Waals surface area contributed by atoms with Crippen molar-refractivity contribution in [3.8, 4) is 0 Å². The molecular formula is C12H18N2O3S. The molecule has 0 amide bonds. The Morgan fingerprint density at radius 2 is 2.00 bits per heavy atom. The van der Waals surface area contributed by atoms with Gasteiger partial charge in [-0.15, -0.1) is 0 Å². The van der Waals surface area contributed by atoms with Gasteiger partial charge >= 0.3 is 0 Å². The predicted octanol–water partition coefficient (Wildman–Crippen LogP) is 1.31. The monoisotopic (exact) mass is 270 g/mol. The van der Waals surface area contributed by atoms with Crippen LogP contribution < -0.4 is 10.5 Å². The van der Waals surface area contributed by atoms with Crippen LogP contribution in [0.2, 0.25) is 0 Å². The van der Waals surface area contributed by atoms with E-state index in [1.54, 1.807) is 12.1 Å². The Morgan fingerprint density at radius 3 is 2.56 bits per heavy atom. The fraction of sp³-hybridized carbons (Fsp3) is 0.500. The lowest BCUT2D eigenvalue weighted by atomic mass is 10.0. The Balaban J connectivity index is 2.02. The number of hydrogen-bond acceptors (Lipinski definition) is 4. The smallest absolute Gasteiger partial charge is 0.238 e. The van der Waals surface area contributed by atoms with Gasteiger partial charge in [-0.25, -0.2) is 13.6 Å². The molecule has 1 aromatic rings. The molecule has 1 aromatic carbocycles. The van der Waals surface area contributed by atoms with Crippen molar-refractivity contribution in [3.05, 3.63) is 24.3 Å². The van der Waals surface area contributed by atoms with E-state index in [4.69, 9.17) is 9.88 Å². The van der Waals surface area contributed by atoms with Crippen LogP contribution in [-0.4, -0.2) is 27.2 Å². The number of nitrogens with one attached hydrogen (secondary N) is 1. The second kappa shape index (κ2) is 5.26. The number of benzene rings is 1. The first-order chi connectivity index (χ1) is 8.45. The van der Waals surface area contributed by atoms with Gasteiger partial charge < -0.3 is 10.1 Å². The van der Waals surface area contributed by atoms with Crippen molar-refractivity contribution in [1.29, 1.82) is 0 Å². The zero-order chi connectivity index (χ0) is 13.2. The van der Waals surface area contributed by atoms with E-state index in [-0.39, 0.29) is 11.0 Å². The van der Waals surface area contributed by atoms with Crippen LogP contribution in [0.5, 0.6) is 0 Å². The summed E-state index contributed by atoms with van der Waals surface area (Å²) in [5.41, 5.74) is 0.904. The van der Waals surface area contributed by atoms with E-state index in [0.29, 0.717) is 6.04 Å². The maximum absolute atomic E-state index is 11.1. The summed E-state index contributed by atoms with van der Waals surface area (Å²) in [6.07, 6.45) is 2.18. The van der Waals surface area contributed by atoms with Crippen LogP contribution in [-0.2, 0) is 14.8 Å². The minimum absolute atomic E-state index is 0.133. The van der Waals surface area contributed by atoms with Crippen LogP contribution >= 0.6 is 0 Å². The van der Waals surface area contributed by atoms with Gasteiger partial charge in [0.15, 0.2) is 0 Å². The fourth-order valence-electron chi connectivity index (χ4n) is 2.11. The minimum Gasteiger partial charge on any atom is -0.382 e. The molecular weight excluding hydrogens is 252 g/mol. The molecule has 1 saturated heterocycles. The highest BCUT2D eigenvalue weighted by atomic mass is 32.2. The van der Waals surface area contributed by atoms with Crippen LogP contribution in [0.1, 0.15) is 19.8 Å². The van der Waals surface area contributed by atoms with Crippen molar-refractivity contribution in [2.75, 3.05) is 11.9 Å². The average Bonchev–Trinajstić information content (AvgIpc) is 2.28. The largest absolute Gasteiger partial charge is 0.382 e. The maximum atomic E-state index is 11.1. The summed E-state index contributed by atoms with van der Waals surface area (Å²) in [4.78, 5) is 0.133. The third-order valence-electron chi connectivity index (χ3n) is 3.04. The first-order valence-corrected chi connectivity index (χ1v) is 7.51. The molecule has 1 fully saturated rings. The van der Waals surface area contributed by atoms with Crippen molar-refractivity contribution < 1.29 is 13.2 Å². The van der Waals surface area contributed by atoms with E-state index in [1.165, 1.54) is 12.1 Å². The molecule has 2 unspecified atom stereocenters. The Hall–Kier alpha value is -1.11. The van der Waals surface area contributed by atoms with E-state index >= 15 is 0 Å². The molecule has 6 heteroatoms. The van der Waals surface area contributed by atoms with Crippen LogP contribution in [0, 0.1) is 0 Å². The zero-order valence-electron chi connectivity index (χ0n) is 10.3. The topological polar surface area (TPSA) is 81.4 Å². The van der Waals surface area contributed by atoms with Gasteiger partial charge in [-0.2, -0.15) is 0 Å². The summed E-state index contributed by atoms with van der Waals surface area (Å²) < 4.78 is 27.7. The fourth-order valence-corrected chi connectivity index (χ4v) is 2.62. The molecule has 5 nitrogen and oxygen atoms in total. The summed E-state index contributed by atoms with van der Waals surface area (Å²) in [6.45, 7) is 2.81. The van der Waals surface area contributed by atoms with Gasteiger partial charge in [0.2, 0.25) is 10.0 Å². The highest BCUT2D eigenvalue weighted by Crippen LogP contribution is 2.19. The molecule has 0 bridgehead atoms. The highest BCUT2D eigenvalue weighted by molar-refractivity contribution is 7.89. The second-order valence-electron chi connectivity index (χ2n) is 4.62. The summed E-state index contributed by atoms with van der Waals surface area (Å²) in [5, 5.41) is 8.42. The van der Waals surface area contributed by atoms with Gasteiger partial charge in [-0.1, -0.05) is 0 Å². The number of hydrogen-bond donors (Lipinski definition) is 2. The average molecular weight is 270 g/mol. The molecule has 1 heterocycles. The first-order valence-electron chi connectivity index (χ1n) is 5.96. The van der Waals surface area contributed by atoms with Gasteiger partial charge in [0, 0.05) is 18.3 Å². The quantitative estimate of drug-likeness (QED) is 0.867. The third kappa shape index (κ3) is 3.44. The molecule has 0 aromatic heterocycles. The summed E-state index contributed by atoms with van der Waals surface area (Å²) in [5.74, 6) is 0. The zero-order valence-corrected chi connectivity index (χ0v) is 11.1. The summed E-state index contributed by atoms with van der Waals surface area (Å²) >= 11 is 0. The number of rotatable bonds is 3. The van der Waals surface area contributed by atoms with Gasteiger partial charge in [0.25, 0.3) is 0 Å². The molecule has 0 saturated carbocycles.